The fourth-order valence-corrected chi connectivity index (χ4v) is 2.38. The van der Waals surface area contributed by atoms with Gasteiger partial charge in [-0.15, -0.1) is 0 Å². The van der Waals surface area contributed by atoms with E-state index >= 15 is 0 Å². The lowest BCUT2D eigenvalue weighted by molar-refractivity contribution is 0.627. The van der Waals surface area contributed by atoms with Crippen LogP contribution in [-0.2, 0) is 6.54 Å². The summed E-state index contributed by atoms with van der Waals surface area (Å²) in [5.74, 6) is -0.259. The molecule has 0 radical (unpaired) electrons. The first-order valence-corrected chi connectivity index (χ1v) is 6.63. The molecule has 0 unspecified atom stereocenters. The van der Waals surface area contributed by atoms with Crippen molar-refractivity contribution in [2.75, 3.05) is 5.32 Å². The number of rotatable bonds is 3. The fraction of sp³-hybridized carbons (Fsp3) is 0.0714. The number of hydrogen-bond acceptors (Lipinski definition) is 2. The minimum atomic E-state index is -0.259. The van der Waals surface area contributed by atoms with Gasteiger partial charge in [0.05, 0.1) is 12.2 Å². The standard InChI is InChI=1S/C14H11BrFN3/c15-12-7-10(16)4-5-13(12)17-8-11-9-19-6-2-1-3-14(19)18-11/h1-7,9,17H,8H2. The maximum atomic E-state index is 13.0. The van der Waals surface area contributed by atoms with E-state index in [0.717, 1.165) is 17.0 Å². The average Bonchev–Trinajstić information content (AvgIpc) is 2.80. The molecule has 5 heteroatoms. The minimum absolute atomic E-state index is 0.259. The van der Waals surface area contributed by atoms with Crippen LogP contribution >= 0.6 is 15.9 Å². The van der Waals surface area contributed by atoms with Crippen LogP contribution in [-0.4, -0.2) is 9.38 Å². The van der Waals surface area contributed by atoms with Crippen molar-refractivity contribution in [2.45, 2.75) is 6.54 Å². The maximum absolute atomic E-state index is 13.0. The smallest absolute Gasteiger partial charge is 0.137 e. The van der Waals surface area contributed by atoms with Crippen molar-refractivity contribution >= 4 is 27.3 Å². The molecule has 0 saturated carbocycles. The third-order valence-corrected chi connectivity index (χ3v) is 3.46. The molecule has 0 bridgehead atoms. The van der Waals surface area contributed by atoms with Gasteiger partial charge >= 0.3 is 0 Å². The summed E-state index contributed by atoms with van der Waals surface area (Å²) in [6.07, 6.45) is 3.93. The highest BCUT2D eigenvalue weighted by atomic mass is 79.9. The maximum Gasteiger partial charge on any atom is 0.137 e. The number of hydrogen-bond donors (Lipinski definition) is 1. The van der Waals surface area contributed by atoms with E-state index in [1.54, 1.807) is 6.07 Å². The summed E-state index contributed by atoms with van der Waals surface area (Å²) in [4.78, 5) is 4.49. The Morgan fingerprint density at radius 1 is 1.26 bits per heavy atom. The van der Waals surface area contributed by atoms with Crippen LogP contribution in [0.1, 0.15) is 5.69 Å². The molecule has 0 saturated heterocycles. The van der Waals surface area contributed by atoms with E-state index < -0.39 is 0 Å². The van der Waals surface area contributed by atoms with E-state index in [1.807, 2.05) is 35.0 Å². The first kappa shape index (κ1) is 12.2. The van der Waals surface area contributed by atoms with Crippen LogP contribution < -0.4 is 5.32 Å². The number of aromatic nitrogens is 2. The molecule has 0 atom stereocenters. The molecule has 1 N–H and O–H groups in total. The van der Waals surface area contributed by atoms with E-state index in [-0.39, 0.29) is 5.82 Å². The first-order chi connectivity index (χ1) is 9.22. The molecule has 0 spiro atoms. The Kier molecular flexibility index (Phi) is 3.21. The molecule has 0 aliphatic rings. The predicted molar refractivity (Wildman–Crippen MR) is 76.6 cm³/mol. The van der Waals surface area contributed by atoms with E-state index in [0.29, 0.717) is 11.0 Å². The van der Waals surface area contributed by atoms with Crippen molar-refractivity contribution in [3.63, 3.8) is 0 Å². The summed E-state index contributed by atoms with van der Waals surface area (Å²) in [7, 11) is 0. The average molecular weight is 320 g/mol. The van der Waals surface area contributed by atoms with Gasteiger partial charge in [-0.25, -0.2) is 9.37 Å². The molecule has 0 aliphatic heterocycles. The van der Waals surface area contributed by atoms with Crippen LogP contribution in [0, 0.1) is 5.82 Å². The molecular weight excluding hydrogens is 309 g/mol. The van der Waals surface area contributed by atoms with Crippen LogP contribution in [0.3, 0.4) is 0 Å². The molecule has 96 valence electrons. The molecule has 0 fully saturated rings. The van der Waals surface area contributed by atoms with Crippen molar-refractivity contribution in [3.8, 4) is 0 Å². The lowest BCUT2D eigenvalue weighted by Crippen LogP contribution is -2.00. The number of anilines is 1. The van der Waals surface area contributed by atoms with Crippen LogP contribution in [0.4, 0.5) is 10.1 Å². The summed E-state index contributed by atoms with van der Waals surface area (Å²) in [6, 6.07) is 10.4. The van der Waals surface area contributed by atoms with Gasteiger partial charge in [0, 0.05) is 22.6 Å². The number of nitrogens with one attached hydrogen (secondary N) is 1. The highest BCUT2D eigenvalue weighted by Crippen LogP contribution is 2.23. The largest absolute Gasteiger partial charge is 0.378 e. The molecule has 19 heavy (non-hydrogen) atoms. The second-order valence-corrected chi connectivity index (χ2v) is 5.03. The Labute approximate surface area is 118 Å². The van der Waals surface area contributed by atoms with Gasteiger partial charge in [0.2, 0.25) is 0 Å². The van der Waals surface area contributed by atoms with Crippen LogP contribution in [0.25, 0.3) is 5.65 Å². The molecule has 0 aliphatic carbocycles. The Balaban J connectivity index is 1.78. The molecule has 3 rings (SSSR count). The van der Waals surface area contributed by atoms with Gasteiger partial charge in [-0.2, -0.15) is 0 Å². The van der Waals surface area contributed by atoms with E-state index in [1.165, 1.54) is 12.1 Å². The number of benzene rings is 1. The Hall–Kier alpha value is -1.88. The van der Waals surface area contributed by atoms with Crippen LogP contribution in [0.15, 0.2) is 53.3 Å². The van der Waals surface area contributed by atoms with Crippen molar-refractivity contribution in [1.29, 1.82) is 0 Å². The van der Waals surface area contributed by atoms with Gasteiger partial charge in [-0.1, -0.05) is 6.07 Å². The quantitative estimate of drug-likeness (QED) is 0.794. The second-order valence-electron chi connectivity index (χ2n) is 4.18. The molecular formula is C14H11BrFN3. The van der Waals surface area contributed by atoms with E-state index in [4.69, 9.17) is 0 Å². The summed E-state index contributed by atoms with van der Waals surface area (Å²) in [5.41, 5.74) is 2.69. The third kappa shape index (κ3) is 2.61. The number of fused-ring (bicyclic) bond motifs is 1. The Morgan fingerprint density at radius 3 is 2.95 bits per heavy atom. The zero-order valence-corrected chi connectivity index (χ0v) is 11.6. The summed E-state index contributed by atoms with van der Waals surface area (Å²) in [6.45, 7) is 0.589. The van der Waals surface area contributed by atoms with Gasteiger partial charge in [0.1, 0.15) is 11.5 Å². The number of halogens is 2. The topological polar surface area (TPSA) is 29.3 Å². The highest BCUT2D eigenvalue weighted by molar-refractivity contribution is 9.10. The predicted octanol–water partition coefficient (Wildman–Crippen LogP) is 3.85. The normalized spacial score (nSPS) is 10.8. The monoisotopic (exact) mass is 319 g/mol. The van der Waals surface area contributed by atoms with Crippen molar-refractivity contribution in [2.24, 2.45) is 0 Å². The van der Waals surface area contributed by atoms with Gasteiger partial charge in [0.25, 0.3) is 0 Å². The number of nitrogens with zero attached hydrogens (tertiary/aromatic N) is 2. The molecule has 0 amide bonds. The Morgan fingerprint density at radius 2 is 2.16 bits per heavy atom. The van der Waals surface area contributed by atoms with E-state index in [2.05, 4.69) is 26.2 Å². The summed E-state index contributed by atoms with van der Waals surface area (Å²) < 4.78 is 15.7. The van der Waals surface area contributed by atoms with Gasteiger partial charge < -0.3 is 9.72 Å². The van der Waals surface area contributed by atoms with Gasteiger partial charge in [0.15, 0.2) is 0 Å². The fourth-order valence-electron chi connectivity index (χ4n) is 1.89. The lowest BCUT2D eigenvalue weighted by atomic mass is 10.3. The molecule has 3 aromatic rings. The van der Waals surface area contributed by atoms with Gasteiger partial charge in [-0.05, 0) is 46.3 Å². The zero-order valence-electron chi connectivity index (χ0n) is 9.98. The lowest BCUT2D eigenvalue weighted by Gasteiger charge is -2.06. The minimum Gasteiger partial charge on any atom is -0.378 e. The molecule has 2 aromatic heterocycles. The summed E-state index contributed by atoms with van der Waals surface area (Å²) >= 11 is 3.33. The van der Waals surface area contributed by atoms with E-state index in [9.17, 15) is 4.39 Å². The number of pyridine rings is 1. The van der Waals surface area contributed by atoms with Crippen LogP contribution in [0.2, 0.25) is 0 Å². The molecule has 2 heterocycles. The van der Waals surface area contributed by atoms with Crippen molar-refractivity contribution in [1.82, 2.24) is 9.38 Å². The Bertz CT molecular complexity index is 691. The van der Waals surface area contributed by atoms with Crippen molar-refractivity contribution in [3.05, 3.63) is 64.8 Å². The molecule has 1 aromatic carbocycles. The number of imidazole rings is 1. The molecule has 3 nitrogen and oxygen atoms in total. The van der Waals surface area contributed by atoms with Crippen LogP contribution in [0.5, 0.6) is 0 Å². The second kappa shape index (κ2) is 5.01. The van der Waals surface area contributed by atoms with Gasteiger partial charge in [-0.3, -0.25) is 0 Å². The summed E-state index contributed by atoms with van der Waals surface area (Å²) in [5, 5.41) is 3.23. The SMILES string of the molecule is Fc1ccc(NCc2cn3ccccc3n2)c(Br)c1. The third-order valence-electron chi connectivity index (χ3n) is 2.80. The first-order valence-electron chi connectivity index (χ1n) is 5.84. The highest BCUT2D eigenvalue weighted by Gasteiger charge is 2.03. The van der Waals surface area contributed by atoms with Crippen molar-refractivity contribution < 1.29 is 4.39 Å². The zero-order chi connectivity index (χ0) is 13.2.